The maximum absolute atomic E-state index is 10.7. The molecule has 0 amide bonds. The summed E-state index contributed by atoms with van der Waals surface area (Å²) in [6.45, 7) is 0. The maximum Gasteiger partial charge on any atom is 0.339 e. The summed E-state index contributed by atoms with van der Waals surface area (Å²) < 4.78 is 30.0. The van der Waals surface area contributed by atoms with Gasteiger partial charge in [-0.2, -0.15) is 8.42 Å². The molecule has 0 unspecified atom stereocenters. The van der Waals surface area contributed by atoms with E-state index in [4.69, 9.17) is 14.8 Å². The van der Waals surface area contributed by atoms with Crippen molar-refractivity contribution in [1.29, 1.82) is 0 Å². The minimum Gasteiger partial charge on any atom is -0.506 e. The van der Waals surface area contributed by atoms with E-state index in [1.54, 1.807) is 0 Å². The first-order valence-electron chi connectivity index (χ1n) is 3.51. The number of rotatable bonds is 2. The van der Waals surface area contributed by atoms with Crippen LogP contribution in [0.1, 0.15) is 10.4 Å². The summed E-state index contributed by atoms with van der Waals surface area (Å²) in [6.07, 6.45) is 0. The molecular formula is C7H6O7S. The van der Waals surface area contributed by atoms with Crippen LogP contribution in [0, 0.1) is 0 Å². The number of hydrogen-bond acceptors (Lipinski definition) is 5. The van der Waals surface area contributed by atoms with Crippen molar-refractivity contribution in [3.8, 4) is 11.5 Å². The molecule has 0 saturated heterocycles. The molecule has 0 aliphatic heterocycles. The quantitative estimate of drug-likeness (QED) is 0.531. The van der Waals surface area contributed by atoms with E-state index < -0.39 is 38.0 Å². The summed E-state index contributed by atoms with van der Waals surface area (Å²) in [7, 11) is -4.88. The Balaban J connectivity index is 3.66. The van der Waals surface area contributed by atoms with Gasteiger partial charge < -0.3 is 15.3 Å². The number of phenolic OH excluding ortho intramolecular Hbond substituents is 1. The van der Waals surface area contributed by atoms with Gasteiger partial charge in [0.15, 0.2) is 10.6 Å². The summed E-state index contributed by atoms with van der Waals surface area (Å²) in [5.74, 6) is -3.72. The summed E-state index contributed by atoms with van der Waals surface area (Å²) in [6, 6.07) is 1.55. The average Bonchev–Trinajstić information content (AvgIpc) is 2.00. The Labute approximate surface area is 84.0 Å². The SMILES string of the molecule is O=C(O)c1ccc(O)c(S(=O)(=O)O)c1O. The second kappa shape index (κ2) is 3.41. The highest BCUT2D eigenvalue weighted by Crippen LogP contribution is 2.34. The zero-order chi connectivity index (χ0) is 11.8. The highest BCUT2D eigenvalue weighted by Gasteiger charge is 2.25. The minimum atomic E-state index is -4.88. The minimum absolute atomic E-state index is 0.736. The third-order valence-electron chi connectivity index (χ3n) is 1.60. The molecule has 1 rings (SSSR count). The third kappa shape index (κ3) is 2.00. The second-order valence-corrected chi connectivity index (χ2v) is 3.95. The van der Waals surface area contributed by atoms with Crippen molar-refractivity contribution in [2.75, 3.05) is 0 Å². The lowest BCUT2D eigenvalue weighted by Crippen LogP contribution is -2.04. The molecule has 1 aromatic carbocycles. The molecule has 82 valence electrons. The van der Waals surface area contributed by atoms with Crippen LogP contribution < -0.4 is 0 Å². The van der Waals surface area contributed by atoms with Crippen molar-refractivity contribution < 1.29 is 33.1 Å². The lowest BCUT2D eigenvalue weighted by Gasteiger charge is -2.06. The summed E-state index contributed by atoms with van der Waals surface area (Å²) >= 11 is 0. The molecular weight excluding hydrogens is 228 g/mol. The predicted octanol–water partition coefficient (Wildman–Crippen LogP) is 0.0427. The van der Waals surface area contributed by atoms with Crippen molar-refractivity contribution in [2.45, 2.75) is 4.90 Å². The van der Waals surface area contributed by atoms with Gasteiger partial charge in [-0.3, -0.25) is 4.55 Å². The second-order valence-electron chi connectivity index (χ2n) is 2.59. The van der Waals surface area contributed by atoms with Gasteiger partial charge in [-0.15, -0.1) is 0 Å². The zero-order valence-corrected chi connectivity index (χ0v) is 7.89. The molecule has 7 nitrogen and oxygen atoms in total. The fourth-order valence-corrected chi connectivity index (χ4v) is 1.67. The van der Waals surface area contributed by atoms with Crippen LogP contribution in [0.2, 0.25) is 0 Å². The normalized spacial score (nSPS) is 11.3. The van der Waals surface area contributed by atoms with Gasteiger partial charge in [0.25, 0.3) is 0 Å². The molecule has 0 heterocycles. The third-order valence-corrected chi connectivity index (χ3v) is 2.52. The number of carboxylic acids is 1. The van der Waals surface area contributed by atoms with Gasteiger partial charge in [-0.1, -0.05) is 0 Å². The summed E-state index contributed by atoms with van der Waals surface area (Å²) in [5, 5.41) is 26.8. The van der Waals surface area contributed by atoms with E-state index in [2.05, 4.69) is 0 Å². The van der Waals surface area contributed by atoms with Crippen LogP contribution in [0.15, 0.2) is 17.0 Å². The van der Waals surface area contributed by atoms with Crippen LogP contribution in [0.25, 0.3) is 0 Å². The fraction of sp³-hybridized carbons (Fsp3) is 0. The Morgan fingerprint density at radius 1 is 1.20 bits per heavy atom. The number of carbonyl (C=O) groups is 1. The zero-order valence-electron chi connectivity index (χ0n) is 7.08. The summed E-state index contributed by atoms with van der Waals surface area (Å²) in [4.78, 5) is 9.27. The Morgan fingerprint density at radius 3 is 2.13 bits per heavy atom. The first kappa shape index (κ1) is 11.3. The van der Waals surface area contributed by atoms with Gasteiger partial charge in [0.1, 0.15) is 11.3 Å². The first-order chi connectivity index (χ1) is 6.75. The number of carboxylic acid groups (broad SMARTS) is 1. The van der Waals surface area contributed by atoms with Gasteiger partial charge >= 0.3 is 16.1 Å². The molecule has 0 spiro atoms. The molecule has 0 aromatic heterocycles. The average molecular weight is 234 g/mol. The van der Waals surface area contributed by atoms with Crippen LogP contribution in [0.5, 0.6) is 11.5 Å². The van der Waals surface area contributed by atoms with Crippen LogP contribution >= 0.6 is 0 Å². The molecule has 1 aromatic rings. The Bertz CT molecular complexity index is 516. The molecule has 0 atom stereocenters. The van der Waals surface area contributed by atoms with Gasteiger partial charge in [-0.25, -0.2) is 4.79 Å². The molecule has 8 heteroatoms. The lowest BCUT2D eigenvalue weighted by molar-refractivity contribution is 0.0693. The highest BCUT2D eigenvalue weighted by molar-refractivity contribution is 7.86. The van der Waals surface area contributed by atoms with E-state index in [0.29, 0.717) is 0 Å². The number of aromatic carboxylic acids is 1. The van der Waals surface area contributed by atoms with E-state index in [1.807, 2.05) is 0 Å². The van der Waals surface area contributed by atoms with Crippen molar-refractivity contribution >= 4 is 16.1 Å². The van der Waals surface area contributed by atoms with Gasteiger partial charge in [0.05, 0.1) is 0 Å². The molecule has 15 heavy (non-hydrogen) atoms. The van der Waals surface area contributed by atoms with Crippen molar-refractivity contribution in [3.05, 3.63) is 17.7 Å². The molecule has 0 fully saturated rings. The molecule has 0 bridgehead atoms. The number of phenols is 2. The fourth-order valence-electron chi connectivity index (χ4n) is 0.987. The predicted molar refractivity (Wildman–Crippen MR) is 46.5 cm³/mol. The van der Waals surface area contributed by atoms with Gasteiger partial charge in [-0.05, 0) is 12.1 Å². The van der Waals surface area contributed by atoms with Crippen LogP contribution in [-0.2, 0) is 10.1 Å². The van der Waals surface area contributed by atoms with E-state index in [9.17, 15) is 18.3 Å². The Kier molecular flexibility index (Phi) is 2.56. The van der Waals surface area contributed by atoms with Crippen molar-refractivity contribution in [1.82, 2.24) is 0 Å². The van der Waals surface area contributed by atoms with Crippen LogP contribution in [0.4, 0.5) is 0 Å². The molecule has 0 saturated carbocycles. The molecule has 4 N–H and O–H groups in total. The molecule has 0 aliphatic carbocycles. The van der Waals surface area contributed by atoms with E-state index in [-0.39, 0.29) is 0 Å². The smallest absolute Gasteiger partial charge is 0.339 e. The number of aromatic hydroxyl groups is 2. The summed E-state index contributed by atoms with van der Waals surface area (Å²) in [5.41, 5.74) is -0.736. The number of benzene rings is 1. The Morgan fingerprint density at radius 2 is 1.73 bits per heavy atom. The topological polar surface area (TPSA) is 132 Å². The first-order valence-corrected chi connectivity index (χ1v) is 4.95. The lowest BCUT2D eigenvalue weighted by atomic mass is 10.2. The number of hydrogen-bond donors (Lipinski definition) is 4. The van der Waals surface area contributed by atoms with Crippen molar-refractivity contribution in [2.24, 2.45) is 0 Å². The van der Waals surface area contributed by atoms with Crippen molar-refractivity contribution in [3.63, 3.8) is 0 Å². The van der Waals surface area contributed by atoms with E-state index in [1.165, 1.54) is 0 Å². The van der Waals surface area contributed by atoms with E-state index in [0.717, 1.165) is 12.1 Å². The maximum atomic E-state index is 10.7. The molecule has 0 aliphatic rings. The van der Waals surface area contributed by atoms with Crippen LogP contribution in [0.3, 0.4) is 0 Å². The van der Waals surface area contributed by atoms with Crippen LogP contribution in [-0.4, -0.2) is 34.3 Å². The molecule has 0 radical (unpaired) electrons. The Hall–Kier alpha value is -1.80. The van der Waals surface area contributed by atoms with Gasteiger partial charge in [0, 0.05) is 0 Å². The largest absolute Gasteiger partial charge is 0.506 e. The van der Waals surface area contributed by atoms with Gasteiger partial charge in [0.2, 0.25) is 0 Å². The van der Waals surface area contributed by atoms with E-state index >= 15 is 0 Å². The highest BCUT2D eigenvalue weighted by atomic mass is 32.2. The monoisotopic (exact) mass is 234 g/mol. The standard InChI is InChI=1S/C7H6O7S/c8-4-2-1-3(7(10)11)5(9)6(4)15(12,13)14/h1-2,8-9H,(H,10,11)(H,12,13,14).